The van der Waals surface area contributed by atoms with E-state index in [1.807, 2.05) is 13.0 Å². The third-order valence-corrected chi connectivity index (χ3v) is 7.96. The fourth-order valence-electron chi connectivity index (χ4n) is 3.89. The summed E-state index contributed by atoms with van der Waals surface area (Å²) in [6, 6.07) is 13.0. The fraction of sp³-hybridized carbons (Fsp3) is 0.423. The summed E-state index contributed by atoms with van der Waals surface area (Å²) in [4.78, 5) is 14.5. The molecule has 2 aromatic rings. The number of sulfonamides is 1. The van der Waals surface area contributed by atoms with Crippen molar-refractivity contribution in [2.75, 3.05) is 40.5 Å². The Bertz CT molecular complexity index is 1190. The van der Waals surface area contributed by atoms with Gasteiger partial charge in [0.2, 0.25) is 10.0 Å². The lowest BCUT2D eigenvalue weighted by atomic mass is 10.0. The van der Waals surface area contributed by atoms with Gasteiger partial charge in [0.1, 0.15) is 23.4 Å². The number of aliphatic hydroxyl groups excluding tert-OH is 1. The predicted octanol–water partition coefficient (Wildman–Crippen LogP) is 2.23. The maximum atomic E-state index is 13.5. The van der Waals surface area contributed by atoms with E-state index in [0.717, 1.165) is 0 Å². The van der Waals surface area contributed by atoms with E-state index in [9.17, 15) is 18.3 Å². The number of carbonyl (C=O) groups excluding carboxylic acids is 1. The summed E-state index contributed by atoms with van der Waals surface area (Å²) < 4.78 is 39.6. The second-order valence-corrected chi connectivity index (χ2v) is 10.5. The minimum absolute atomic E-state index is 0.00373. The number of methoxy groups -OCH3 is 1. The van der Waals surface area contributed by atoms with Crippen molar-refractivity contribution in [1.29, 1.82) is 0 Å². The van der Waals surface area contributed by atoms with Crippen molar-refractivity contribution < 1.29 is 27.8 Å². The van der Waals surface area contributed by atoms with Crippen LogP contribution in [0.25, 0.3) is 0 Å². The van der Waals surface area contributed by atoms with Crippen LogP contribution in [0.15, 0.2) is 53.4 Å². The van der Waals surface area contributed by atoms with Crippen LogP contribution in [-0.2, 0) is 14.8 Å². The molecular weight excluding hydrogens is 468 g/mol. The Kier molecular flexibility index (Phi) is 8.92. The first-order chi connectivity index (χ1) is 16.7. The van der Waals surface area contributed by atoms with E-state index in [1.54, 1.807) is 62.4 Å². The number of aliphatic hydroxyl groups is 1. The molecule has 0 fully saturated rings. The van der Waals surface area contributed by atoms with Crippen molar-refractivity contribution in [3.8, 4) is 17.6 Å². The van der Waals surface area contributed by atoms with Gasteiger partial charge in [-0.1, -0.05) is 37.0 Å². The lowest BCUT2D eigenvalue weighted by Crippen LogP contribution is -2.50. The Hall–Kier alpha value is -2.90. The second kappa shape index (κ2) is 11.7. The number of nitrogens with zero attached hydrogens (tertiary/aromatic N) is 2. The zero-order valence-electron chi connectivity index (χ0n) is 20.5. The summed E-state index contributed by atoms with van der Waals surface area (Å²) >= 11 is 0. The number of fused-ring (bicyclic) bond motifs is 1. The van der Waals surface area contributed by atoms with Gasteiger partial charge in [-0.2, -0.15) is 4.31 Å². The van der Waals surface area contributed by atoms with Gasteiger partial charge in [-0.25, -0.2) is 8.42 Å². The first-order valence-electron chi connectivity index (χ1n) is 11.4. The van der Waals surface area contributed by atoms with Gasteiger partial charge in [-0.15, -0.1) is 0 Å². The average Bonchev–Trinajstić information content (AvgIpc) is 2.85. The first kappa shape index (κ1) is 26.7. The molecule has 35 heavy (non-hydrogen) atoms. The van der Waals surface area contributed by atoms with Gasteiger partial charge >= 0.3 is 0 Å². The number of ether oxygens (including phenoxy) is 2. The minimum atomic E-state index is -3.95. The number of hydrogen-bond acceptors (Lipinski definition) is 6. The molecule has 3 rings (SSSR count). The van der Waals surface area contributed by atoms with E-state index in [2.05, 4.69) is 11.8 Å². The van der Waals surface area contributed by atoms with Crippen molar-refractivity contribution >= 4 is 15.9 Å². The fourth-order valence-corrected chi connectivity index (χ4v) is 5.71. The highest BCUT2D eigenvalue weighted by molar-refractivity contribution is 7.89. The van der Waals surface area contributed by atoms with Gasteiger partial charge in [0, 0.05) is 43.8 Å². The highest BCUT2D eigenvalue weighted by atomic mass is 32.2. The molecule has 9 heteroatoms. The van der Waals surface area contributed by atoms with Crippen LogP contribution in [0.5, 0.6) is 5.75 Å². The molecule has 0 radical (unpaired) electrons. The quantitative estimate of drug-likeness (QED) is 0.611. The third-order valence-electron chi connectivity index (χ3n) is 5.94. The van der Waals surface area contributed by atoms with Gasteiger partial charge in [-0.05, 0) is 37.3 Å². The zero-order valence-corrected chi connectivity index (χ0v) is 21.3. The highest BCUT2D eigenvalue weighted by Crippen LogP contribution is 2.34. The molecule has 188 valence electrons. The summed E-state index contributed by atoms with van der Waals surface area (Å²) in [5.74, 6) is 5.53. The van der Waals surface area contributed by atoms with Crippen LogP contribution in [0.4, 0.5) is 0 Å². The molecule has 2 aromatic carbocycles. The molecule has 0 saturated heterocycles. The van der Waals surface area contributed by atoms with Crippen LogP contribution in [0.3, 0.4) is 0 Å². The Morgan fingerprint density at radius 2 is 2.00 bits per heavy atom. The highest BCUT2D eigenvalue weighted by Gasteiger charge is 2.38. The molecule has 1 aliphatic heterocycles. The molecule has 0 saturated carbocycles. The number of hydrogen-bond donors (Lipinski definition) is 1. The lowest BCUT2D eigenvalue weighted by molar-refractivity contribution is 0.0563. The molecule has 0 bridgehead atoms. The molecular formula is C26H32N2O6S. The topological polar surface area (TPSA) is 96.4 Å². The smallest absolute Gasteiger partial charge is 0.253 e. The molecule has 1 N–H and O–H groups in total. The zero-order chi connectivity index (χ0) is 25.6. The number of carbonyl (C=O) groups is 1. The van der Waals surface area contributed by atoms with Crippen molar-refractivity contribution in [1.82, 2.24) is 9.21 Å². The number of likely N-dealkylation sites (N-methyl/N-ethyl adjacent to an activating group) is 1. The Labute approximate surface area is 207 Å². The normalized spacial score (nSPS) is 20.3. The summed E-state index contributed by atoms with van der Waals surface area (Å²) in [7, 11) is -0.705. The van der Waals surface area contributed by atoms with E-state index in [0.29, 0.717) is 11.1 Å². The molecule has 0 spiro atoms. The van der Waals surface area contributed by atoms with E-state index in [1.165, 1.54) is 10.4 Å². The van der Waals surface area contributed by atoms with Gasteiger partial charge in [0.15, 0.2) is 0 Å². The predicted molar refractivity (Wildman–Crippen MR) is 133 cm³/mol. The molecule has 1 heterocycles. The summed E-state index contributed by atoms with van der Waals surface area (Å²) in [5, 5.41) is 9.77. The van der Waals surface area contributed by atoms with Crippen LogP contribution in [-0.4, -0.2) is 81.2 Å². The molecule has 0 unspecified atom stereocenters. The van der Waals surface area contributed by atoms with Crippen molar-refractivity contribution in [3.05, 3.63) is 59.7 Å². The third kappa shape index (κ3) is 6.21. The second-order valence-electron chi connectivity index (χ2n) is 8.69. The van der Waals surface area contributed by atoms with Crippen LogP contribution < -0.4 is 4.74 Å². The summed E-state index contributed by atoms with van der Waals surface area (Å²) in [5.41, 5.74) is 1.14. The Balaban J connectivity index is 2.01. The van der Waals surface area contributed by atoms with E-state index < -0.39 is 22.2 Å². The summed E-state index contributed by atoms with van der Waals surface area (Å²) in [6.45, 7) is 3.85. The largest absolute Gasteiger partial charge is 0.487 e. The maximum Gasteiger partial charge on any atom is 0.253 e. The van der Waals surface area contributed by atoms with Crippen molar-refractivity contribution in [2.45, 2.75) is 30.9 Å². The Morgan fingerprint density at radius 1 is 1.29 bits per heavy atom. The van der Waals surface area contributed by atoms with Gasteiger partial charge in [0.05, 0.1) is 13.2 Å². The monoisotopic (exact) mass is 500 g/mol. The van der Waals surface area contributed by atoms with Gasteiger partial charge < -0.3 is 19.5 Å². The van der Waals surface area contributed by atoms with E-state index in [-0.39, 0.29) is 48.8 Å². The van der Waals surface area contributed by atoms with Crippen LogP contribution in [0.1, 0.15) is 29.8 Å². The van der Waals surface area contributed by atoms with Crippen LogP contribution in [0.2, 0.25) is 0 Å². The van der Waals surface area contributed by atoms with Crippen molar-refractivity contribution in [2.24, 2.45) is 5.92 Å². The summed E-state index contributed by atoms with van der Waals surface area (Å²) in [6.07, 6.45) is -0.502. The first-order valence-corrected chi connectivity index (χ1v) is 12.8. The molecule has 0 aliphatic carbocycles. The van der Waals surface area contributed by atoms with Crippen LogP contribution >= 0.6 is 0 Å². The number of rotatable bonds is 6. The average molecular weight is 501 g/mol. The molecule has 1 amide bonds. The minimum Gasteiger partial charge on any atom is -0.487 e. The van der Waals surface area contributed by atoms with E-state index in [4.69, 9.17) is 9.47 Å². The Morgan fingerprint density at radius 3 is 2.66 bits per heavy atom. The SMILES string of the molecule is COCC#Cc1ccc2c(c1)O[C@@H](CN(C)C(=O)c1ccccc1)[C@@H](C)CN([C@H](C)CO)S2(=O)=O. The molecule has 0 aromatic heterocycles. The lowest BCUT2D eigenvalue weighted by Gasteiger charge is -2.37. The van der Waals surface area contributed by atoms with Gasteiger partial charge in [0.25, 0.3) is 5.91 Å². The van der Waals surface area contributed by atoms with Crippen molar-refractivity contribution in [3.63, 3.8) is 0 Å². The maximum absolute atomic E-state index is 13.5. The standard InChI is InChI=1S/C26H32N2O6S/c1-19-16-28(20(2)18-29)35(31,32)25-13-12-21(9-8-14-33-4)15-23(25)34-24(19)17-27(3)26(30)22-10-6-5-7-11-22/h5-7,10-13,15,19-20,24,29H,14,16-18H2,1-4H3/t19-,20+,24-/m0/s1. The van der Waals surface area contributed by atoms with Gasteiger partial charge in [-0.3, -0.25) is 4.79 Å². The molecule has 3 atom stereocenters. The van der Waals surface area contributed by atoms with E-state index >= 15 is 0 Å². The van der Waals surface area contributed by atoms with Crippen LogP contribution in [0, 0.1) is 17.8 Å². The molecule has 8 nitrogen and oxygen atoms in total. The number of benzene rings is 2. The molecule has 1 aliphatic rings. The number of amides is 1.